The average Bonchev–Trinajstić information content (AvgIpc) is 2.51. The molecule has 0 fully saturated rings. The van der Waals surface area contributed by atoms with Crippen LogP contribution in [0.1, 0.15) is 5.56 Å². The summed E-state index contributed by atoms with van der Waals surface area (Å²) >= 11 is 3.39. The van der Waals surface area contributed by atoms with Crippen molar-refractivity contribution in [1.82, 2.24) is 0 Å². The second-order valence-electron chi connectivity index (χ2n) is 4.50. The topological polar surface area (TPSA) is 65.3 Å². The Hall–Kier alpha value is -2.03. The Morgan fingerprint density at radius 3 is 2.81 bits per heavy atom. The highest BCUT2D eigenvalue weighted by Crippen LogP contribution is 2.16. The third-order valence-electron chi connectivity index (χ3n) is 2.77. The lowest BCUT2D eigenvalue weighted by Crippen LogP contribution is -2.26. The quantitative estimate of drug-likeness (QED) is 0.842. The summed E-state index contributed by atoms with van der Waals surface area (Å²) in [4.78, 5) is 0. The molecule has 2 aromatic rings. The molecule has 0 saturated carbocycles. The molecular weight excluding hydrogens is 332 g/mol. The van der Waals surface area contributed by atoms with Gasteiger partial charge in [-0.15, -0.1) is 0 Å². The van der Waals surface area contributed by atoms with Crippen molar-refractivity contribution in [2.45, 2.75) is 6.10 Å². The van der Waals surface area contributed by atoms with Gasteiger partial charge in [0.05, 0.1) is 11.6 Å². The number of nitrogens with zero attached hydrogens (tertiary/aromatic N) is 1. The molecule has 2 N–H and O–H groups in total. The Balaban J connectivity index is 1.79. The zero-order valence-corrected chi connectivity index (χ0v) is 12.9. The van der Waals surface area contributed by atoms with Crippen LogP contribution in [-0.4, -0.2) is 24.4 Å². The van der Waals surface area contributed by atoms with Crippen LogP contribution in [-0.2, 0) is 0 Å². The summed E-state index contributed by atoms with van der Waals surface area (Å²) in [6, 6.07) is 16.6. The molecule has 0 aliphatic heterocycles. The molecule has 0 radical (unpaired) electrons. The van der Waals surface area contributed by atoms with E-state index in [1.165, 1.54) is 0 Å². The lowest BCUT2D eigenvalue weighted by Gasteiger charge is -2.14. The van der Waals surface area contributed by atoms with E-state index in [9.17, 15) is 5.11 Å². The number of nitrogens with one attached hydrogen (secondary N) is 1. The molecule has 21 heavy (non-hydrogen) atoms. The molecule has 108 valence electrons. The summed E-state index contributed by atoms with van der Waals surface area (Å²) in [7, 11) is 0. The maximum Gasteiger partial charge on any atom is 0.120 e. The Morgan fingerprint density at radius 1 is 1.24 bits per heavy atom. The van der Waals surface area contributed by atoms with Crippen molar-refractivity contribution >= 4 is 21.6 Å². The van der Waals surface area contributed by atoms with Crippen molar-refractivity contribution < 1.29 is 9.84 Å². The highest BCUT2D eigenvalue weighted by molar-refractivity contribution is 9.10. The molecule has 0 amide bonds. The van der Waals surface area contributed by atoms with Crippen molar-refractivity contribution in [2.24, 2.45) is 0 Å². The number of halogens is 1. The van der Waals surface area contributed by atoms with Crippen LogP contribution in [0.4, 0.5) is 5.69 Å². The van der Waals surface area contributed by atoms with Gasteiger partial charge in [-0.1, -0.05) is 28.1 Å². The maximum absolute atomic E-state index is 9.90. The predicted octanol–water partition coefficient (Wildman–Crippen LogP) is 3.17. The molecule has 1 atom stereocenters. The zero-order chi connectivity index (χ0) is 15.1. The van der Waals surface area contributed by atoms with Crippen LogP contribution in [0.15, 0.2) is 53.0 Å². The van der Waals surface area contributed by atoms with E-state index in [-0.39, 0.29) is 6.61 Å². The molecule has 4 nitrogen and oxygen atoms in total. The number of nitriles is 1. The number of ether oxygens (including phenoxy) is 1. The highest BCUT2D eigenvalue weighted by atomic mass is 79.9. The summed E-state index contributed by atoms with van der Waals surface area (Å²) in [6.07, 6.45) is -0.644. The van der Waals surface area contributed by atoms with Crippen LogP contribution in [0, 0.1) is 11.3 Å². The van der Waals surface area contributed by atoms with Crippen molar-refractivity contribution in [3.05, 3.63) is 58.6 Å². The standard InChI is InChI=1S/C16H15BrN2O2/c17-13-4-2-5-14(8-13)19-10-15(20)11-21-16-6-1-3-12(7-16)9-18/h1-8,15,19-20H,10-11H2. The van der Waals surface area contributed by atoms with E-state index in [1.807, 2.05) is 30.3 Å². The summed E-state index contributed by atoms with van der Waals surface area (Å²) in [5.74, 6) is 0.579. The monoisotopic (exact) mass is 346 g/mol. The van der Waals surface area contributed by atoms with Gasteiger partial charge in [0.25, 0.3) is 0 Å². The molecular formula is C16H15BrN2O2. The van der Waals surface area contributed by atoms with Crippen LogP contribution in [0.5, 0.6) is 5.75 Å². The Bertz CT molecular complexity index is 640. The minimum Gasteiger partial charge on any atom is -0.491 e. The van der Waals surface area contributed by atoms with Crippen molar-refractivity contribution in [1.29, 1.82) is 5.26 Å². The number of hydrogen-bond donors (Lipinski definition) is 2. The van der Waals surface area contributed by atoms with Crippen LogP contribution in [0.3, 0.4) is 0 Å². The van der Waals surface area contributed by atoms with Crippen LogP contribution in [0.25, 0.3) is 0 Å². The number of aliphatic hydroxyl groups is 1. The molecule has 1 unspecified atom stereocenters. The third kappa shape index (κ3) is 5.10. The zero-order valence-electron chi connectivity index (χ0n) is 11.3. The van der Waals surface area contributed by atoms with Gasteiger partial charge < -0.3 is 15.2 Å². The van der Waals surface area contributed by atoms with Gasteiger partial charge in [0.2, 0.25) is 0 Å². The fourth-order valence-electron chi connectivity index (χ4n) is 1.74. The van der Waals surface area contributed by atoms with Gasteiger partial charge in [-0.05, 0) is 36.4 Å². The number of hydrogen-bond acceptors (Lipinski definition) is 4. The van der Waals surface area contributed by atoms with E-state index in [0.717, 1.165) is 10.2 Å². The van der Waals surface area contributed by atoms with Crippen LogP contribution >= 0.6 is 15.9 Å². The first-order valence-corrected chi connectivity index (χ1v) is 7.27. The number of anilines is 1. The van der Waals surface area contributed by atoms with Crippen molar-refractivity contribution in [3.8, 4) is 11.8 Å². The van der Waals surface area contributed by atoms with Crippen LogP contribution in [0.2, 0.25) is 0 Å². The SMILES string of the molecule is N#Cc1cccc(OCC(O)CNc2cccc(Br)c2)c1. The molecule has 0 spiro atoms. The largest absolute Gasteiger partial charge is 0.491 e. The molecule has 2 aromatic carbocycles. The first-order valence-electron chi connectivity index (χ1n) is 6.48. The summed E-state index contributed by atoms with van der Waals surface area (Å²) in [6.45, 7) is 0.546. The van der Waals surface area contributed by atoms with E-state index in [2.05, 4.69) is 21.2 Å². The number of aliphatic hydroxyl groups excluding tert-OH is 1. The Labute approximate surface area is 132 Å². The summed E-state index contributed by atoms with van der Waals surface area (Å²) in [5, 5.41) is 21.8. The van der Waals surface area contributed by atoms with E-state index in [1.54, 1.807) is 24.3 Å². The fraction of sp³-hybridized carbons (Fsp3) is 0.188. The van der Waals surface area contributed by atoms with Gasteiger partial charge in [0, 0.05) is 16.7 Å². The van der Waals surface area contributed by atoms with E-state index >= 15 is 0 Å². The first-order chi connectivity index (χ1) is 10.2. The predicted molar refractivity (Wildman–Crippen MR) is 85.3 cm³/mol. The maximum atomic E-state index is 9.90. The second kappa shape index (κ2) is 7.67. The minimum absolute atomic E-state index is 0.163. The van der Waals surface area contributed by atoms with Gasteiger partial charge in [0.1, 0.15) is 18.5 Å². The number of benzene rings is 2. The Kier molecular flexibility index (Phi) is 5.61. The molecule has 0 aromatic heterocycles. The number of rotatable bonds is 6. The van der Waals surface area contributed by atoms with E-state index < -0.39 is 6.10 Å². The summed E-state index contributed by atoms with van der Waals surface area (Å²) in [5.41, 5.74) is 1.46. The normalized spacial score (nSPS) is 11.5. The van der Waals surface area contributed by atoms with Gasteiger partial charge in [0.15, 0.2) is 0 Å². The van der Waals surface area contributed by atoms with Gasteiger partial charge in [-0.3, -0.25) is 0 Å². The van der Waals surface area contributed by atoms with E-state index in [0.29, 0.717) is 17.9 Å². The van der Waals surface area contributed by atoms with Crippen molar-refractivity contribution in [2.75, 3.05) is 18.5 Å². The lowest BCUT2D eigenvalue weighted by atomic mass is 10.2. The first kappa shape index (κ1) is 15.4. The molecule has 0 aliphatic rings. The second-order valence-corrected chi connectivity index (χ2v) is 5.41. The Morgan fingerprint density at radius 2 is 2.05 bits per heavy atom. The molecule has 0 aliphatic carbocycles. The third-order valence-corrected chi connectivity index (χ3v) is 3.27. The molecule has 2 rings (SSSR count). The highest BCUT2D eigenvalue weighted by Gasteiger charge is 2.06. The van der Waals surface area contributed by atoms with Crippen molar-refractivity contribution in [3.63, 3.8) is 0 Å². The fourth-order valence-corrected chi connectivity index (χ4v) is 2.14. The minimum atomic E-state index is -0.644. The average molecular weight is 347 g/mol. The lowest BCUT2D eigenvalue weighted by molar-refractivity contribution is 0.117. The molecule has 5 heteroatoms. The van der Waals surface area contributed by atoms with Gasteiger partial charge >= 0.3 is 0 Å². The van der Waals surface area contributed by atoms with Gasteiger partial charge in [-0.2, -0.15) is 5.26 Å². The van der Waals surface area contributed by atoms with Gasteiger partial charge in [-0.25, -0.2) is 0 Å². The van der Waals surface area contributed by atoms with E-state index in [4.69, 9.17) is 10.00 Å². The smallest absolute Gasteiger partial charge is 0.120 e. The molecule has 0 saturated heterocycles. The van der Waals surface area contributed by atoms with Crippen LogP contribution < -0.4 is 10.1 Å². The summed E-state index contributed by atoms with van der Waals surface area (Å²) < 4.78 is 6.45. The molecule has 0 bridgehead atoms. The molecule has 0 heterocycles.